The number of nitrogens with zero attached hydrogens (tertiary/aromatic N) is 2. The van der Waals surface area contributed by atoms with Gasteiger partial charge in [0.2, 0.25) is 0 Å². The lowest BCUT2D eigenvalue weighted by Gasteiger charge is -2.30. The first-order valence-corrected chi connectivity index (χ1v) is 11.7. The van der Waals surface area contributed by atoms with Gasteiger partial charge in [0.05, 0.1) is 18.7 Å². The number of carbonyl (C=O) groups excluding carboxylic acids is 2. The molecule has 0 radical (unpaired) electrons. The van der Waals surface area contributed by atoms with Crippen molar-refractivity contribution < 1.29 is 23.8 Å². The number of aromatic nitrogens is 1. The topological polar surface area (TPSA) is 88.8 Å². The Labute approximate surface area is 196 Å². The summed E-state index contributed by atoms with van der Waals surface area (Å²) in [7, 11) is 1.22. The number of fused-ring (bicyclic) bond motifs is 3. The van der Waals surface area contributed by atoms with E-state index < -0.39 is 35.7 Å². The Morgan fingerprint density at radius 2 is 1.97 bits per heavy atom. The fourth-order valence-corrected chi connectivity index (χ4v) is 5.90. The van der Waals surface area contributed by atoms with Crippen LogP contribution in [0.25, 0.3) is 5.57 Å². The number of pyridine rings is 1. The summed E-state index contributed by atoms with van der Waals surface area (Å²) < 4.78 is 21.2. The Kier molecular flexibility index (Phi) is 5.85. The third kappa shape index (κ3) is 3.39. The molecule has 34 heavy (non-hydrogen) atoms. The third-order valence-electron chi connectivity index (χ3n) is 7.49. The van der Waals surface area contributed by atoms with Crippen LogP contribution in [0.3, 0.4) is 0 Å². The van der Waals surface area contributed by atoms with E-state index in [2.05, 4.69) is 6.08 Å². The van der Waals surface area contributed by atoms with Gasteiger partial charge in [-0.05, 0) is 55.5 Å². The molecular weight excluding hydrogens is 439 g/mol. The van der Waals surface area contributed by atoms with E-state index in [-0.39, 0.29) is 30.2 Å². The van der Waals surface area contributed by atoms with Gasteiger partial charge in [-0.15, -0.1) is 0 Å². The molecule has 2 aliphatic heterocycles. The van der Waals surface area contributed by atoms with Crippen molar-refractivity contribution in [3.63, 3.8) is 0 Å². The summed E-state index contributed by atoms with van der Waals surface area (Å²) in [4.78, 5) is 41.2. The molecule has 3 aliphatic rings. The van der Waals surface area contributed by atoms with E-state index in [1.807, 2.05) is 6.07 Å². The smallest absolute Gasteiger partial charge is 0.329 e. The van der Waals surface area contributed by atoms with Gasteiger partial charge in [-0.25, -0.2) is 9.18 Å². The van der Waals surface area contributed by atoms with Crippen molar-refractivity contribution in [2.45, 2.75) is 44.3 Å². The number of rotatable bonds is 4. The second-order valence-electron chi connectivity index (χ2n) is 9.18. The molecule has 3 heterocycles. The standard InChI is InChI=1S/C26H27FN2O5/c1-34-26(33)23-19(14-30)18-13-28-21(12-11-16(24(28)31)15-7-3-2-4-8-15)22(18)29(23)25(32)17-9-5-6-10-20(17)27/h5-7,9-12,18-19,22-23,30H,2-4,8,13-14H2,1H3/t18-,19-,22+,23-/m1/s1. The van der Waals surface area contributed by atoms with Crippen molar-refractivity contribution in [2.24, 2.45) is 11.8 Å². The number of carbonyl (C=O) groups is 2. The summed E-state index contributed by atoms with van der Waals surface area (Å²) in [6, 6.07) is 7.47. The number of amides is 1. The third-order valence-corrected chi connectivity index (χ3v) is 7.49. The maximum Gasteiger partial charge on any atom is 0.329 e. The average molecular weight is 467 g/mol. The Morgan fingerprint density at radius 1 is 1.18 bits per heavy atom. The van der Waals surface area contributed by atoms with Crippen molar-refractivity contribution >= 4 is 17.4 Å². The monoisotopic (exact) mass is 466 g/mol. The lowest BCUT2D eigenvalue weighted by Crippen LogP contribution is -2.46. The van der Waals surface area contributed by atoms with Crippen LogP contribution in [-0.2, 0) is 16.1 Å². The molecule has 1 aromatic heterocycles. The van der Waals surface area contributed by atoms with Gasteiger partial charge < -0.3 is 19.3 Å². The first kappa shape index (κ1) is 22.5. The maximum absolute atomic E-state index is 14.6. The number of hydrogen-bond donors (Lipinski definition) is 1. The molecule has 1 N–H and O–H groups in total. The first-order valence-electron chi connectivity index (χ1n) is 11.7. The van der Waals surface area contributed by atoms with Gasteiger partial charge in [0.25, 0.3) is 11.5 Å². The van der Waals surface area contributed by atoms with Gasteiger partial charge >= 0.3 is 5.97 Å². The molecule has 1 aromatic carbocycles. The molecule has 1 fully saturated rings. The number of halogens is 1. The predicted octanol–water partition coefficient (Wildman–Crippen LogP) is 2.92. The van der Waals surface area contributed by atoms with Crippen molar-refractivity contribution in [1.82, 2.24) is 9.47 Å². The Hall–Kier alpha value is -3.26. The molecule has 1 amide bonds. The molecule has 0 unspecified atom stereocenters. The van der Waals surface area contributed by atoms with Crippen molar-refractivity contribution in [3.05, 3.63) is 75.5 Å². The van der Waals surface area contributed by atoms with Gasteiger partial charge in [-0.3, -0.25) is 9.59 Å². The van der Waals surface area contributed by atoms with Gasteiger partial charge in [0.1, 0.15) is 11.9 Å². The minimum absolute atomic E-state index is 0.135. The summed E-state index contributed by atoms with van der Waals surface area (Å²) in [5.41, 5.74) is 1.97. The van der Waals surface area contributed by atoms with Crippen molar-refractivity contribution in [3.8, 4) is 0 Å². The lowest BCUT2D eigenvalue weighted by atomic mass is 9.88. The summed E-state index contributed by atoms with van der Waals surface area (Å²) in [5.74, 6) is -3.07. The second-order valence-corrected chi connectivity index (χ2v) is 9.18. The zero-order valence-electron chi connectivity index (χ0n) is 18.9. The molecule has 4 atom stereocenters. The number of methoxy groups -OCH3 is 1. The van der Waals surface area contributed by atoms with Crippen molar-refractivity contribution in [1.29, 1.82) is 0 Å². The SMILES string of the molecule is COC(=O)[C@H]1[C@H](CO)[C@H]2Cn3c(ccc(C4=CCCCC4)c3=O)[C@H]2N1C(=O)c1ccccc1F. The highest BCUT2D eigenvalue weighted by Gasteiger charge is 2.58. The van der Waals surface area contributed by atoms with Crippen LogP contribution in [-0.4, -0.2) is 46.2 Å². The number of aliphatic hydroxyl groups excluding tert-OH is 1. The average Bonchev–Trinajstić information content (AvgIpc) is 3.39. The van der Waals surface area contributed by atoms with E-state index in [0.717, 1.165) is 31.3 Å². The van der Waals surface area contributed by atoms with Crippen LogP contribution in [0.1, 0.15) is 53.3 Å². The molecule has 1 aliphatic carbocycles. The highest BCUT2D eigenvalue weighted by molar-refractivity contribution is 5.98. The van der Waals surface area contributed by atoms with Gasteiger partial charge in [-0.1, -0.05) is 18.2 Å². The van der Waals surface area contributed by atoms with Crippen LogP contribution in [0.4, 0.5) is 4.39 Å². The zero-order valence-corrected chi connectivity index (χ0v) is 18.9. The Morgan fingerprint density at radius 3 is 2.65 bits per heavy atom. The highest BCUT2D eigenvalue weighted by Crippen LogP contribution is 2.50. The van der Waals surface area contributed by atoms with Crippen LogP contribution in [0, 0.1) is 17.7 Å². The van der Waals surface area contributed by atoms with E-state index in [1.165, 1.54) is 30.2 Å². The minimum Gasteiger partial charge on any atom is -0.467 e. The molecule has 5 rings (SSSR count). The number of esters is 1. The molecule has 0 spiro atoms. The molecule has 1 saturated heterocycles. The molecule has 8 heteroatoms. The van der Waals surface area contributed by atoms with E-state index in [1.54, 1.807) is 16.7 Å². The van der Waals surface area contributed by atoms with Gasteiger partial charge in [0, 0.05) is 36.2 Å². The summed E-state index contributed by atoms with van der Waals surface area (Å²) in [5, 5.41) is 10.2. The molecule has 7 nitrogen and oxygen atoms in total. The molecular formula is C26H27FN2O5. The lowest BCUT2D eigenvalue weighted by molar-refractivity contribution is -0.147. The van der Waals surface area contributed by atoms with Crippen LogP contribution in [0.2, 0.25) is 0 Å². The second kappa shape index (κ2) is 8.83. The molecule has 178 valence electrons. The normalized spacial score (nSPS) is 25.5. The fourth-order valence-electron chi connectivity index (χ4n) is 5.90. The van der Waals surface area contributed by atoms with E-state index in [9.17, 15) is 23.9 Å². The summed E-state index contributed by atoms with van der Waals surface area (Å²) in [6.45, 7) is -0.109. The maximum atomic E-state index is 14.6. The fraction of sp³-hybridized carbons (Fsp3) is 0.423. The van der Waals surface area contributed by atoms with E-state index in [4.69, 9.17) is 4.74 Å². The Balaban J connectivity index is 1.63. The zero-order chi connectivity index (χ0) is 24.0. The number of benzene rings is 1. The Bertz CT molecular complexity index is 1240. The first-order chi connectivity index (χ1) is 16.5. The summed E-state index contributed by atoms with van der Waals surface area (Å²) in [6.07, 6.45) is 6.06. The summed E-state index contributed by atoms with van der Waals surface area (Å²) >= 11 is 0. The largest absolute Gasteiger partial charge is 0.467 e. The van der Waals surface area contributed by atoms with Gasteiger partial charge in [-0.2, -0.15) is 0 Å². The predicted molar refractivity (Wildman–Crippen MR) is 122 cm³/mol. The number of hydrogen-bond acceptors (Lipinski definition) is 5. The number of allylic oxidation sites excluding steroid dienone is 2. The van der Waals surface area contributed by atoms with Crippen LogP contribution in [0.15, 0.2) is 47.3 Å². The number of ether oxygens (including phenoxy) is 1. The van der Waals surface area contributed by atoms with Gasteiger partial charge in [0.15, 0.2) is 0 Å². The number of aliphatic hydroxyl groups is 1. The number of likely N-dealkylation sites (tertiary alicyclic amines) is 1. The van der Waals surface area contributed by atoms with Crippen LogP contribution >= 0.6 is 0 Å². The minimum atomic E-state index is -1.08. The highest BCUT2D eigenvalue weighted by atomic mass is 19.1. The molecule has 2 aromatic rings. The molecule has 0 bridgehead atoms. The van der Waals surface area contributed by atoms with Crippen molar-refractivity contribution in [2.75, 3.05) is 13.7 Å². The molecule has 0 saturated carbocycles. The van der Waals surface area contributed by atoms with Crippen LogP contribution in [0.5, 0.6) is 0 Å². The van der Waals surface area contributed by atoms with E-state index in [0.29, 0.717) is 11.3 Å². The quantitative estimate of drug-likeness (QED) is 0.700. The van der Waals surface area contributed by atoms with Crippen LogP contribution < -0.4 is 5.56 Å². The van der Waals surface area contributed by atoms with E-state index >= 15 is 0 Å².